The molecule has 0 spiro atoms. The van der Waals surface area contributed by atoms with Gasteiger partial charge in [-0.25, -0.2) is 4.98 Å². The number of amides is 1. The average Bonchev–Trinajstić information content (AvgIpc) is 2.98. The third kappa shape index (κ3) is 2.50. The highest BCUT2D eigenvalue weighted by atomic mass is 16.5. The van der Waals surface area contributed by atoms with Gasteiger partial charge in [-0.2, -0.15) is 5.10 Å². The molecular formula is C16H21N5O3. The van der Waals surface area contributed by atoms with E-state index in [2.05, 4.69) is 10.1 Å². The molecule has 2 fully saturated rings. The molecule has 2 aliphatic rings. The summed E-state index contributed by atoms with van der Waals surface area (Å²) < 4.78 is 8.74. The zero-order chi connectivity index (χ0) is 16.7. The molecule has 0 N–H and O–H groups in total. The summed E-state index contributed by atoms with van der Waals surface area (Å²) in [6, 6.07) is 0.144. The highest BCUT2D eigenvalue weighted by molar-refractivity contribution is 5.77. The Bertz CT molecular complexity index is 825. The Morgan fingerprint density at radius 3 is 3.08 bits per heavy atom. The van der Waals surface area contributed by atoms with Gasteiger partial charge in [-0.1, -0.05) is 12.8 Å². The molecular weight excluding hydrogens is 310 g/mol. The van der Waals surface area contributed by atoms with Crippen LogP contribution in [0.2, 0.25) is 0 Å². The number of aromatic nitrogens is 4. The maximum atomic E-state index is 12.8. The van der Waals surface area contributed by atoms with Crippen LogP contribution in [0.4, 0.5) is 0 Å². The van der Waals surface area contributed by atoms with E-state index >= 15 is 0 Å². The fraction of sp³-hybridized carbons (Fsp3) is 0.625. The molecule has 0 radical (unpaired) electrons. The molecule has 1 saturated carbocycles. The first kappa shape index (κ1) is 15.3. The number of hydrogen-bond acceptors (Lipinski definition) is 5. The topological polar surface area (TPSA) is 82.2 Å². The van der Waals surface area contributed by atoms with Crippen molar-refractivity contribution in [2.24, 2.45) is 7.05 Å². The van der Waals surface area contributed by atoms with Crippen molar-refractivity contribution in [3.05, 3.63) is 22.9 Å². The van der Waals surface area contributed by atoms with Crippen LogP contribution in [-0.4, -0.2) is 55.4 Å². The molecule has 128 valence electrons. The van der Waals surface area contributed by atoms with E-state index in [1.807, 2.05) is 4.90 Å². The Morgan fingerprint density at radius 1 is 1.38 bits per heavy atom. The number of aryl methyl sites for hydroxylation is 1. The number of nitrogens with zero attached hydrogens (tertiary/aromatic N) is 5. The molecule has 2 aromatic rings. The van der Waals surface area contributed by atoms with Crippen LogP contribution in [0.1, 0.15) is 25.7 Å². The van der Waals surface area contributed by atoms with Crippen LogP contribution in [-0.2, 0) is 23.1 Å². The van der Waals surface area contributed by atoms with Gasteiger partial charge in [0, 0.05) is 13.6 Å². The Kier molecular flexibility index (Phi) is 3.84. The standard InChI is InChI=1S/C16H21N5O3/c1-19-15-11(8-18-19)16(23)20(10-17-15)9-14(22)21-6-7-24-13-5-3-2-4-12(13)21/h8,10,12-13H,2-7,9H2,1H3. The van der Waals surface area contributed by atoms with Crippen LogP contribution in [0.15, 0.2) is 17.3 Å². The summed E-state index contributed by atoms with van der Waals surface area (Å²) in [6.45, 7) is 1.18. The predicted octanol–water partition coefficient (Wildman–Crippen LogP) is 0.300. The van der Waals surface area contributed by atoms with Crippen LogP contribution >= 0.6 is 0 Å². The second-order valence-corrected chi connectivity index (χ2v) is 6.53. The Morgan fingerprint density at radius 2 is 2.21 bits per heavy atom. The van der Waals surface area contributed by atoms with Crippen molar-refractivity contribution < 1.29 is 9.53 Å². The lowest BCUT2D eigenvalue weighted by atomic mass is 9.90. The molecule has 1 aliphatic heterocycles. The van der Waals surface area contributed by atoms with Gasteiger partial charge in [-0.15, -0.1) is 0 Å². The van der Waals surface area contributed by atoms with Gasteiger partial charge in [0.2, 0.25) is 5.91 Å². The Balaban J connectivity index is 1.57. The molecule has 3 heterocycles. The lowest BCUT2D eigenvalue weighted by Gasteiger charge is -2.43. The first-order valence-corrected chi connectivity index (χ1v) is 8.43. The smallest absolute Gasteiger partial charge is 0.264 e. The highest BCUT2D eigenvalue weighted by Crippen LogP contribution is 2.28. The van der Waals surface area contributed by atoms with Crippen molar-refractivity contribution in [2.75, 3.05) is 13.2 Å². The third-order valence-corrected chi connectivity index (χ3v) is 5.08. The maximum absolute atomic E-state index is 12.8. The van der Waals surface area contributed by atoms with Crippen molar-refractivity contribution >= 4 is 16.9 Å². The summed E-state index contributed by atoms with van der Waals surface area (Å²) >= 11 is 0. The fourth-order valence-corrected chi connectivity index (χ4v) is 3.82. The monoisotopic (exact) mass is 331 g/mol. The van der Waals surface area contributed by atoms with Crippen molar-refractivity contribution in [3.63, 3.8) is 0 Å². The van der Waals surface area contributed by atoms with Gasteiger partial charge in [0.15, 0.2) is 5.65 Å². The first-order chi connectivity index (χ1) is 11.6. The summed E-state index contributed by atoms with van der Waals surface area (Å²) in [5.74, 6) is -0.0395. The molecule has 4 rings (SSSR count). The summed E-state index contributed by atoms with van der Waals surface area (Å²) in [6.07, 6.45) is 7.34. The van der Waals surface area contributed by atoms with Crippen molar-refractivity contribution in [1.82, 2.24) is 24.2 Å². The summed E-state index contributed by atoms with van der Waals surface area (Å²) in [4.78, 5) is 31.4. The highest BCUT2D eigenvalue weighted by Gasteiger charge is 2.36. The summed E-state index contributed by atoms with van der Waals surface area (Å²) in [7, 11) is 1.74. The number of carbonyl (C=O) groups is 1. The van der Waals surface area contributed by atoms with Crippen LogP contribution in [0.5, 0.6) is 0 Å². The van der Waals surface area contributed by atoms with Crippen molar-refractivity contribution in [2.45, 2.75) is 44.4 Å². The summed E-state index contributed by atoms with van der Waals surface area (Å²) in [5, 5.41) is 4.49. The van der Waals surface area contributed by atoms with E-state index in [4.69, 9.17) is 4.74 Å². The van der Waals surface area contributed by atoms with E-state index in [0.717, 1.165) is 25.7 Å². The minimum atomic E-state index is -0.227. The number of ether oxygens (including phenoxy) is 1. The molecule has 1 aliphatic carbocycles. The molecule has 1 amide bonds. The van der Waals surface area contributed by atoms with Crippen LogP contribution < -0.4 is 5.56 Å². The predicted molar refractivity (Wildman–Crippen MR) is 86.5 cm³/mol. The lowest BCUT2D eigenvalue weighted by molar-refractivity contribution is -0.150. The third-order valence-electron chi connectivity index (χ3n) is 5.08. The molecule has 2 aromatic heterocycles. The van der Waals surface area contributed by atoms with E-state index in [0.29, 0.717) is 24.2 Å². The molecule has 8 nitrogen and oxygen atoms in total. The molecule has 2 atom stereocenters. The minimum Gasteiger partial charge on any atom is -0.374 e. The molecule has 8 heteroatoms. The average molecular weight is 331 g/mol. The van der Waals surface area contributed by atoms with Crippen LogP contribution in [0.3, 0.4) is 0 Å². The Hall–Kier alpha value is -2.22. The van der Waals surface area contributed by atoms with Crippen molar-refractivity contribution in [3.8, 4) is 0 Å². The Labute approximate surface area is 139 Å². The number of rotatable bonds is 2. The van der Waals surface area contributed by atoms with Crippen molar-refractivity contribution in [1.29, 1.82) is 0 Å². The zero-order valence-corrected chi connectivity index (χ0v) is 13.7. The first-order valence-electron chi connectivity index (χ1n) is 8.43. The SMILES string of the molecule is Cn1ncc2c(=O)n(CC(=O)N3CCOC4CCCCC43)cnc21. The van der Waals surface area contributed by atoms with Gasteiger partial charge in [-0.3, -0.25) is 18.8 Å². The molecule has 0 bridgehead atoms. The van der Waals surface area contributed by atoms with E-state index in [1.165, 1.54) is 17.1 Å². The van der Waals surface area contributed by atoms with Gasteiger partial charge in [0.25, 0.3) is 5.56 Å². The molecule has 0 aromatic carbocycles. The quantitative estimate of drug-likeness (QED) is 0.790. The lowest BCUT2D eigenvalue weighted by Crippen LogP contribution is -2.55. The van der Waals surface area contributed by atoms with Gasteiger partial charge < -0.3 is 9.64 Å². The zero-order valence-electron chi connectivity index (χ0n) is 13.7. The van der Waals surface area contributed by atoms with E-state index in [-0.39, 0.29) is 30.2 Å². The second-order valence-electron chi connectivity index (χ2n) is 6.53. The largest absolute Gasteiger partial charge is 0.374 e. The van der Waals surface area contributed by atoms with E-state index < -0.39 is 0 Å². The molecule has 1 saturated heterocycles. The van der Waals surface area contributed by atoms with Crippen LogP contribution in [0.25, 0.3) is 11.0 Å². The minimum absolute atomic E-state index is 0.0138. The number of fused-ring (bicyclic) bond motifs is 2. The fourth-order valence-electron chi connectivity index (χ4n) is 3.82. The normalized spacial score (nSPS) is 24.1. The number of morpholine rings is 1. The maximum Gasteiger partial charge on any atom is 0.264 e. The number of hydrogen-bond donors (Lipinski definition) is 0. The number of carbonyl (C=O) groups excluding carboxylic acids is 1. The molecule has 2 unspecified atom stereocenters. The van der Waals surface area contributed by atoms with E-state index in [1.54, 1.807) is 11.7 Å². The van der Waals surface area contributed by atoms with Gasteiger partial charge in [0.05, 0.1) is 24.9 Å². The van der Waals surface area contributed by atoms with Gasteiger partial charge in [0.1, 0.15) is 18.3 Å². The molecule has 24 heavy (non-hydrogen) atoms. The summed E-state index contributed by atoms with van der Waals surface area (Å²) in [5.41, 5.74) is 0.303. The van der Waals surface area contributed by atoms with Gasteiger partial charge >= 0.3 is 0 Å². The van der Waals surface area contributed by atoms with Crippen LogP contribution in [0, 0.1) is 0 Å². The second kappa shape index (κ2) is 6.01. The van der Waals surface area contributed by atoms with Gasteiger partial charge in [-0.05, 0) is 12.8 Å². The van der Waals surface area contributed by atoms with E-state index in [9.17, 15) is 9.59 Å².